The van der Waals surface area contributed by atoms with Crippen LogP contribution in [0.1, 0.15) is 46.9 Å². The number of carbonyl (C=O) groups excluding carboxylic acids is 2. The number of ketones is 1. The average Bonchev–Trinajstić information content (AvgIpc) is 3.26. The van der Waals surface area contributed by atoms with E-state index in [9.17, 15) is 9.59 Å². The minimum Gasteiger partial charge on any atom is -0.455 e. The molecule has 0 radical (unpaired) electrons. The van der Waals surface area contributed by atoms with E-state index < -0.39 is 11.3 Å². The van der Waals surface area contributed by atoms with E-state index in [4.69, 9.17) is 4.42 Å². The van der Waals surface area contributed by atoms with Gasteiger partial charge in [-0.05, 0) is 6.42 Å². The number of hydrogen-bond donors (Lipinski definition) is 1. The lowest BCUT2D eigenvalue weighted by Crippen LogP contribution is -2.29. The molecule has 1 amide bonds. The molecule has 132 valence electrons. The third-order valence-electron chi connectivity index (χ3n) is 4.41. The van der Waals surface area contributed by atoms with E-state index in [1.54, 1.807) is 24.8 Å². The van der Waals surface area contributed by atoms with Gasteiger partial charge < -0.3 is 4.42 Å². The molecule has 26 heavy (non-hydrogen) atoms. The molecular weight excluding hydrogens is 352 g/mol. The number of amides is 1. The third kappa shape index (κ3) is 2.92. The number of carbonyl (C=O) groups is 2. The summed E-state index contributed by atoms with van der Waals surface area (Å²) in [5.41, 5.74) is 0.767. The number of Topliss-reactive ketones (excluding diaryl/α,β-unsaturated/α-hetero) is 1. The fourth-order valence-corrected chi connectivity index (χ4v) is 3.63. The molecule has 3 aromatic heterocycles. The fourth-order valence-electron chi connectivity index (χ4n) is 2.86. The number of nitrogens with zero attached hydrogens (tertiary/aromatic N) is 3. The molecule has 1 aliphatic rings. The number of aromatic nitrogens is 3. The minimum absolute atomic E-state index is 0.0146. The highest BCUT2D eigenvalue weighted by Crippen LogP contribution is 2.36. The van der Waals surface area contributed by atoms with Gasteiger partial charge >= 0.3 is 0 Å². The van der Waals surface area contributed by atoms with Crippen molar-refractivity contribution in [3.8, 4) is 10.6 Å². The summed E-state index contributed by atoms with van der Waals surface area (Å²) in [5.74, 6) is 0.293. The molecule has 1 aliphatic carbocycles. The zero-order valence-electron chi connectivity index (χ0n) is 14.3. The van der Waals surface area contributed by atoms with Gasteiger partial charge in [0.2, 0.25) is 0 Å². The van der Waals surface area contributed by atoms with E-state index >= 15 is 0 Å². The normalized spacial score (nSPS) is 15.5. The van der Waals surface area contributed by atoms with Crippen LogP contribution in [0.3, 0.4) is 0 Å². The van der Waals surface area contributed by atoms with Gasteiger partial charge in [0, 0.05) is 36.5 Å². The highest BCUT2D eigenvalue weighted by atomic mass is 32.1. The molecule has 1 N–H and O–H groups in total. The molecule has 0 atom stereocenters. The lowest BCUT2D eigenvalue weighted by atomic mass is 9.75. The second-order valence-electron chi connectivity index (χ2n) is 6.73. The number of fused-ring (bicyclic) bond motifs is 1. The van der Waals surface area contributed by atoms with Gasteiger partial charge in [-0.1, -0.05) is 25.2 Å². The van der Waals surface area contributed by atoms with Gasteiger partial charge in [-0.15, -0.1) is 0 Å². The Balaban J connectivity index is 1.53. The molecule has 0 saturated carbocycles. The van der Waals surface area contributed by atoms with Crippen molar-refractivity contribution < 1.29 is 14.0 Å². The zero-order chi connectivity index (χ0) is 18.3. The number of rotatable bonds is 3. The minimum atomic E-state index is -0.426. The molecule has 0 bridgehead atoms. The molecule has 4 rings (SSSR count). The third-order valence-corrected chi connectivity index (χ3v) is 5.35. The number of thiazole rings is 1. The van der Waals surface area contributed by atoms with Crippen molar-refractivity contribution in [3.63, 3.8) is 0 Å². The van der Waals surface area contributed by atoms with Crippen molar-refractivity contribution in [3.05, 3.63) is 47.9 Å². The van der Waals surface area contributed by atoms with Crippen molar-refractivity contribution >= 4 is 28.2 Å². The predicted molar refractivity (Wildman–Crippen MR) is 96.2 cm³/mol. The summed E-state index contributed by atoms with van der Waals surface area (Å²) in [4.78, 5) is 38.2. The number of furan rings is 1. The Hall–Kier alpha value is -2.87. The van der Waals surface area contributed by atoms with Crippen molar-refractivity contribution in [2.45, 2.75) is 26.7 Å². The van der Waals surface area contributed by atoms with Gasteiger partial charge in [0.15, 0.2) is 16.7 Å². The maximum atomic E-state index is 12.5. The van der Waals surface area contributed by atoms with Crippen molar-refractivity contribution in [2.75, 3.05) is 5.32 Å². The van der Waals surface area contributed by atoms with Crippen LogP contribution in [0.5, 0.6) is 0 Å². The largest absolute Gasteiger partial charge is 0.455 e. The molecule has 7 nitrogen and oxygen atoms in total. The standard InChI is InChI=1S/C18H16N4O3S/c1-18(2)4-3-12-10(15(18)23)7-13(25-12)16(24)22-17-21-9-14(26-17)11-8-19-5-6-20-11/h5-9H,3-4H2,1-2H3,(H,21,22,24). The Morgan fingerprint density at radius 3 is 2.88 bits per heavy atom. The number of hydrogen-bond acceptors (Lipinski definition) is 7. The molecule has 8 heteroatoms. The van der Waals surface area contributed by atoms with Gasteiger partial charge in [-0.2, -0.15) is 0 Å². The van der Waals surface area contributed by atoms with Crippen LogP contribution in [0.2, 0.25) is 0 Å². The molecular formula is C18H16N4O3S. The fraction of sp³-hybridized carbons (Fsp3) is 0.278. The molecule has 3 heterocycles. The second kappa shape index (κ2) is 6.14. The first-order valence-electron chi connectivity index (χ1n) is 8.15. The Labute approximate surface area is 153 Å². The van der Waals surface area contributed by atoms with E-state index in [1.165, 1.54) is 17.4 Å². The quantitative estimate of drug-likeness (QED) is 0.758. The highest BCUT2D eigenvalue weighted by molar-refractivity contribution is 7.19. The highest BCUT2D eigenvalue weighted by Gasteiger charge is 2.37. The maximum absolute atomic E-state index is 12.5. The molecule has 0 aromatic carbocycles. The van der Waals surface area contributed by atoms with Crippen molar-refractivity contribution in [2.24, 2.45) is 5.41 Å². The van der Waals surface area contributed by atoms with Crippen LogP contribution >= 0.6 is 11.3 Å². The SMILES string of the molecule is CC1(C)CCc2oc(C(=O)Nc3ncc(-c4cnccn4)s3)cc2C1=O. The van der Waals surface area contributed by atoms with Gasteiger partial charge in [0.1, 0.15) is 11.5 Å². The summed E-state index contributed by atoms with van der Waals surface area (Å²) >= 11 is 1.29. The van der Waals surface area contributed by atoms with Crippen LogP contribution in [0.15, 0.2) is 35.3 Å². The van der Waals surface area contributed by atoms with Crippen LogP contribution in [0.25, 0.3) is 10.6 Å². The Bertz CT molecular complexity index is 991. The van der Waals surface area contributed by atoms with E-state index in [0.717, 1.165) is 4.88 Å². The average molecular weight is 368 g/mol. The van der Waals surface area contributed by atoms with Crippen LogP contribution < -0.4 is 5.32 Å². The summed E-state index contributed by atoms with van der Waals surface area (Å²) in [5, 5.41) is 3.14. The molecule has 0 spiro atoms. The molecule has 0 aliphatic heterocycles. The van der Waals surface area contributed by atoms with E-state index in [0.29, 0.717) is 35.0 Å². The number of aryl methyl sites for hydroxylation is 1. The number of anilines is 1. The monoisotopic (exact) mass is 368 g/mol. The summed E-state index contributed by atoms with van der Waals surface area (Å²) in [6.45, 7) is 3.82. The van der Waals surface area contributed by atoms with E-state index in [-0.39, 0.29) is 11.5 Å². The van der Waals surface area contributed by atoms with Crippen LogP contribution in [0, 0.1) is 5.41 Å². The van der Waals surface area contributed by atoms with Crippen molar-refractivity contribution in [1.29, 1.82) is 0 Å². The first-order valence-corrected chi connectivity index (χ1v) is 8.97. The van der Waals surface area contributed by atoms with E-state index in [2.05, 4.69) is 20.3 Å². The smallest absolute Gasteiger partial charge is 0.293 e. The Morgan fingerprint density at radius 1 is 1.27 bits per heavy atom. The summed E-state index contributed by atoms with van der Waals surface area (Å²) in [6.07, 6.45) is 7.81. The molecule has 3 aromatic rings. The second-order valence-corrected chi connectivity index (χ2v) is 7.77. The van der Waals surface area contributed by atoms with Crippen LogP contribution in [-0.2, 0) is 6.42 Å². The van der Waals surface area contributed by atoms with E-state index in [1.807, 2.05) is 13.8 Å². The topological polar surface area (TPSA) is 98.0 Å². The predicted octanol–water partition coefficient (Wildman–Crippen LogP) is 3.60. The van der Waals surface area contributed by atoms with Crippen LogP contribution in [0.4, 0.5) is 5.13 Å². The molecule has 0 unspecified atom stereocenters. The van der Waals surface area contributed by atoms with Crippen LogP contribution in [-0.4, -0.2) is 26.6 Å². The van der Waals surface area contributed by atoms with Gasteiger partial charge in [-0.25, -0.2) is 4.98 Å². The maximum Gasteiger partial charge on any atom is 0.293 e. The van der Waals surface area contributed by atoms with Crippen molar-refractivity contribution in [1.82, 2.24) is 15.0 Å². The lowest BCUT2D eigenvalue weighted by Gasteiger charge is -2.26. The summed E-state index contributed by atoms with van der Waals surface area (Å²) in [6, 6.07) is 1.53. The molecule has 0 saturated heterocycles. The first kappa shape index (κ1) is 16.6. The van der Waals surface area contributed by atoms with Gasteiger partial charge in [0.25, 0.3) is 5.91 Å². The first-order chi connectivity index (χ1) is 12.4. The summed E-state index contributed by atoms with van der Waals surface area (Å²) < 4.78 is 5.62. The lowest BCUT2D eigenvalue weighted by molar-refractivity contribution is 0.0803. The zero-order valence-corrected chi connectivity index (χ0v) is 15.1. The summed E-state index contributed by atoms with van der Waals surface area (Å²) in [7, 11) is 0. The Morgan fingerprint density at radius 2 is 2.12 bits per heavy atom. The number of nitrogens with one attached hydrogen (secondary N) is 1. The molecule has 0 fully saturated rings. The Kier molecular flexibility index (Phi) is 3.91. The van der Waals surface area contributed by atoms with Gasteiger partial charge in [0.05, 0.1) is 16.6 Å². The van der Waals surface area contributed by atoms with Gasteiger partial charge in [-0.3, -0.25) is 24.9 Å².